The van der Waals surface area contributed by atoms with Gasteiger partial charge in [-0.3, -0.25) is 9.59 Å². The second-order valence-corrected chi connectivity index (χ2v) is 2.27. The molecule has 72 valence electrons. The molecule has 0 aromatic carbocycles. The lowest BCUT2D eigenvalue weighted by atomic mass is 10.1. The van der Waals surface area contributed by atoms with Crippen LogP contribution in [-0.4, -0.2) is 17.7 Å². The van der Waals surface area contributed by atoms with Crippen LogP contribution in [0.1, 0.15) is 41.0 Å². The summed E-state index contributed by atoms with van der Waals surface area (Å²) in [6, 6.07) is -0.294. The minimum absolute atomic E-state index is 0.0118. The summed E-state index contributed by atoms with van der Waals surface area (Å²) in [5.74, 6) is -0.139. The summed E-state index contributed by atoms with van der Waals surface area (Å²) in [6.07, 6.45) is 0.662. The highest BCUT2D eigenvalue weighted by molar-refractivity contribution is 5.86. The van der Waals surface area contributed by atoms with E-state index in [1.165, 1.54) is 13.8 Å². The molecule has 0 aromatic heterocycles. The molecule has 0 radical (unpaired) electrons. The SMILES string of the molecule is CC.CCC(NC(C)=O)C(C)=O. The average Bonchev–Trinajstić information content (AvgIpc) is 2.03. The summed E-state index contributed by atoms with van der Waals surface area (Å²) >= 11 is 0. The van der Waals surface area contributed by atoms with Crippen molar-refractivity contribution in [1.29, 1.82) is 0 Å². The van der Waals surface area contributed by atoms with Crippen molar-refractivity contribution in [3.63, 3.8) is 0 Å². The van der Waals surface area contributed by atoms with Crippen molar-refractivity contribution in [2.24, 2.45) is 0 Å². The Morgan fingerprint density at radius 2 is 1.67 bits per heavy atom. The second kappa shape index (κ2) is 8.24. The minimum atomic E-state index is -0.294. The Labute approximate surface area is 74.5 Å². The number of Topliss-reactive ketones (excluding diaryl/α,β-unsaturated/α-hetero) is 1. The van der Waals surface area contributed by atoms with E-state index in [1.807, 2.05) is 20.8 Å². The van der Waals surface area contributed by atoms with Crippen LogP contribution in [0.25, 0.3) is 0 Å². The van der Waals surface area contributed by atoms with Crippen molar-refractivity contribution >= 4 is 11.7 Å². The van der Waals surface area contributed by atoms with E-state index >= 15 is 0 Å². The van der Waals surface area contributed by atoms with Crippen LogP contribution in [0.2, 0.25) is 0 Å². The van der Waals surface area contributed by atoms with E-state index < -0.39 is 0 Å². The smallest absolute Gasteiger partial charge is 0.217 e. The first-order chi connectivity index (χ1) is 5.57. The maximum atomic E-state index is 10.7. The third kappa shape index (κ3) is 7.25. The van der Waals surface area contributed by atoms with Gasteiger partial charge in [-0.15, -0.1) is 0 Å². The van der Waals surface area contributed by atoms with Crippen molar-refractivity contribution in [3.8, 4) is 0 Å². The van der Waals surface area contributed by atoms with E-state index in [1.54, 1.807) is 0 Å². The Morgan fingerprint density at radius 3 is 1.75 bits per heavy atom. The number of hydrogen-bond donors (Lipinski definition) is 1. The highest BCUT2D eigenvalue weighted by Crippen LogP contribution is 1.91. The minimum Gasteiger partial charge on any atom is -0.347 e. The summed E-state index contributed by atoms with van der Waals surface area (Å²) in [7, 11) is 0. The second-order valence-electron chi connectivity index (χ2n) is 2.27. The summed E-state index contributed by atoms with van der Waals surface area (Å²) in [6.45, 7) is 8.75. The predicted molar refractivity (Wildman–Crippen MR) is 49.9 cm³/mol. The Hall–Kier alpha value is -0.860. The molecule has 0 bridgehead atoms. The first-order valence-corrected chi connectivity index (χ1v) is 4.35. The molecule has 0 saturated heterocycles. The molecule has 0 heterocycles. The van der Waals surface area contributed by atoms with Gasteiger partial charge < -0.3 is 5.32 Å². The predicted octanol–water partition coefficient (Wildman–Crippen LogP) is 1.52. The van der Waals surface area contributed by atoms with Crippen LogP contribution in [0, 0.1) is 0 Å². The fraction of sp³-hybridized carbons (Fsp3) is 0.778. The molecule has 12 heavy (non-hydrogen) atoms. The van der Waals surface area contributed by atoms with Crippen molar-refractivity contribution in [2.75, 3.05) is 0 Å². The lowest BCUT2D eigenvalue weighted by Gasteiger charge is -2.10. The van der Waals surface area contributed by atoms with Gasteiger partial charge in [-0.2, -0.15) is 0 Å². The molecule has 3 heteroatoms. The molecular formula is C9H19NO2. The molecule has 0 aromatic rings. The van der Waals surface area contributed by atoms with Gasteiger partial charge in [-0.05, 0) is 13.3 Å². The summed E-state index contributed by atoms with van der Waals surface area (Å²) < 4.78 is 0. The van der Waals surface area contributed by atoms with Crippen molar-refractivity contribution in [3.05, 3.63) is 0 Å². The molecule has 0 rings (SSSR count). The number of hydrogen-bond acceptors (Lipinski definition) is 2. The average molecular weight is 173 g/mol. The first-order valence-electron chi connectivity index (χ1n) is 4.35. The maximum absolute atomic E-state index is 10.7. The van der Waals surface area contributed by atoms with Crippen LogP contribution in [0.3, 0.4) is 0 Å². The third-order valence-electron chi connectivity index (χ3n) is 1.28. The molecule has 0 aliphatic carbocycles. The van der Waals surface area contributed by atoms with Gasteiger partial charge in [-0.1, -0.05) is 20.8 Å². The van der Waals surface area contributed by atoms with E-state index in [9.17, 15) is 9.59 Å². The summed E-state index contributed by atoms with van der Waals surface area (Å²) in [5.41, 5.74) is 0. The van der Waals surface area contributed by atoms with Crippen LogP contribution in [0.15, 0.2) is 0 Å². The van der Waals surface area contributed by atoms with Crippen LogP contribution in [0.4, 0.5) is 0 Å². The maximum Gasteiger partial charge on any atom is 0.217 e. The molecule has 0 aliphatic rings. The van der Waals surface area contributed by atoms with E-state index in [0.29, 0.717) is 6.42 Å². The van der Waals surface area contributed by atoms with Gasteiger partial charge in [0.15, 0.2) is 5.78 Å². The standard InChI is InChI=1S/C7H13NO2.C2H6/c1-4-7(5(2)9)8-6(3)10;1-2/h7H,4H2,1-3H3,(H,8,10);1-2H3. The fourth-order valence-corrected chi connectivity index (χ4v) is 0.737. The molecule has 0 aliphatic heterocycles. The van der Waals surface area contributed by atoms with Crippen molar-refractivity contribution in [2.45, 2.75) is 47.1 Å². The molecule has 1 atom stereocenters. The van der Waals surface area contributed by atoms with Gasteiger partial charge in [0.05, 0.1) is 6.04 Å². The van der Waals surface area contributed by atoms with Gasteiger partial charge >= 0.3 is 0 Å². The van der Waals surface area contributed by atoms with Crippen molar-refractivity contribution in [1.82, 2.24) is 5.32 Å². The topological polar surface area (TPSA) is 46.2 Å². The van der Waals surface area contributed by atoms with Crippen LogP contribution < -0.4 is 5.32 Å². The molecule has 0 fully saturated rings. The van der Waals surface area contributed by atoms with E-state index in [4.69, 9.17) is 0 Å². The molecule has 1 N–H and O–H groups in total. The number of ketones is 1. The van der Waals surface area contributed by atoms with E-state index in [2.05, 4.69) is 5.32 Å². The van der Waals surface area contributed by atoms with Crippen LogP contribution in [0.5, 0.6) is 0 Å². The van der Waals surface area contributed by atoms with E-state index in [0.717, 1.165) is 0 Å². The zero-order chi connectivity index (χ0) is 10.1. The molecule has 0 spiro atoms. The Morgan fingerprint density at radius 1 is 1.25 bits per heavy atom. The Kier molecular flexibility index (Phi) is 9.41. The quantitative estimate of drug-likeness (QED) is 0.703. The lowest BCUT2D eigenvalue weighted by Crippen LogP contribution is -2.37. The zero-order valence-electron chi connectivity index (χ0n) is 8.60. The summed E-state index contributed by atoms with van der Waals surface area (Å²) in [4.78, 5) is 21.1. The summed E-state index contributed by atoms with van der Waals surface area (Å²) in [5, 5.41) is 2.54. The normalized spacial score (nSPS) is 10.8. The molecule has 0 saturated carbocycles. The van der Waals surface area contributed by atoms with Gasteiger partial charge in [0.25, 0.3) is 0 Å². The van der Waals surface area contributed by atoms with Crippen molar-refractivity contribution < 1.29 is 9.59 Å². The number of amides is 1. The van der Waals surface area contributed by atoms with Gasteiger partial charge in [0, 0.05) is 6.92 Å². The number of rotatable bonds is 3. The highest BCUT2D eigenvalue weighted by Gasteiger charge is 2.10. The number of nitrogens with one attached hydrogen (secondary N) is 1. The zero-order valence-corrected chi connectivity index (χ0v) is 8.60. The largest absolute Gasteiger partial charge is 0.347 e. The van der Waals surface area contributed by atoms with Crippen LogP contribution in [-0.2, 0) is 9.59 Å². The Bertz CT molecular complexity index is 143. The molecule has 1 unspecified atom stereocenters. The molecule has 3 nitrogen and oxygen atoms in total. The lowest BCUT2D eigenvalue weighted by molar-refractivity contribution is -0.125. The number of carbonyl (C=O) groups excluding carboxylic acids is 2. The Balaban J connectivity index is 0. The van der Waals surface area contributed by atoms with Crippen LogP contribution >= 0.6 is 0 Å². The fourth-order valence-electron chi connectivity index (χ4n) is 0.737. The monoisotopic (exact) mass is 173 g/mol. The molecule has 1 amide bonds. The highest BCUT2D eigenvalue weighted by atomic mass is 16.2. The van der Waals surface area contributed by atoms with E-state index in [-0.39, 0.29) is 17.7 Å². The number of carbonyl (C=O) groups is 2. The molecular weight excluding hydrogens is 154 g/mol. The van der Waals surface area contributed by atoms with Gasteiger partial charge in [-0.25, -0.2) is 0 Å². The third-order valence-corrected chi connectivity index (χ3v) is 1.28. The van der Waals surface area contributed by atoms with Gasteiger partial charge in [0.1, 0.15) is 0 Å². The van der Waals surface area contributed by atoms with Gasteiger partial charge in [0.2, 0.25) is 5.91 Å². The first kappa shape index (κ1) is 13.7.